The van der Waals surface area contributed by atoms with Gasteiger partial charge in [-0.15, -0.1) is 0 Å². The summed E-state index contributed by atoms with van der Waals surface area (Å²) in [7, 11) is 0. The summed E-state index contributed by atoms with van der Waals surface area (Å²) in [4.78, 5) is 19.7. The van der Waals surface area contributed by atoms with Crippen molar-refractivity contribution >= 4 is 28.4 Å². The van der Waals surface area contributed by atoms with Crippen LogP contribution in [-0.4, -0.2) is 33.4 Å². The molecule has 0 bridgehead atoms. The van der Waals surface area contributed by atoms with Crippen molar-refractivity contribution < 1.29 is 9.53 Å². The summed E-state index contributed by atoms with van der Waals surface area (Å²) < 4.78 is 8.38. The number of amides is 1. The van der Waals surface area contributed by atoms with Crippen LogP contribution in [0.4, 0.5) is 0 Å². The number of fused-ring (bicyclic) bond motifs is 3. The number of carbonyl (C=O) groups excluding carboxylic acids is 1. The number of aromatic nitrogens is 2. The van der Waals surface area contributed by atoms with Crippen LogP contribution in [0.15, 0.2) is 73.2 Å². The van der Waals surface area contributed by atoms with Crippen LogP contribution in [0.3, 0.4) is 0 Å². The Morgan fingerprint density at radius 1 is 1.06 bits per heavy atom. The number of likely N-dealkylation sites (tertiary alicyclic amines) is 1. The Kier molecular flexibility index (Phi) is 4.97. The van der Waals surface area contributed by atoms with Crippen LogP contribution in [0.1, 0.15) is 39.9 Å². The van der Waals surface area contributed by atoms with Gasteiger partial charge in [-0.1, -0.05) is 41.9 Å². The highest BCUT2D eigenvalue weighted by Crippen LogP contribution is 2.44. The van der Waals surface area contributed by atoms with Crippen LogP contribution in [0.5, 0.6) is 0 Å². The number of hydrogen-bond donors (Lipinski definition) is 0. The zero-order valence-electron chi connectivity index (χ0n) is 18.2. The molecule has 1 amide bonds. The van der Waals surface area contributed by atoms with Gasteiger partial charge in [0.15, 0.2) is 0 Å². The number of benzene rings is 2. The summed E-state index contributed by atoms with van der Waals surface area (Å²) >= 11 is 6.31. The first kappa shape index (κ1) is 20.5. The molecular weight excluding hydrogens is 434 g/mol. The summed E-state index contributed by atoms with van der Waals surface area (Å²) in [6.07, 6.45) is 7.17. The monoisotopic (exact) mass is 457 g/mol. The lowest BCUT2D eigenvalue weighted by molar-refractivity contribution is -0.0741. The fraction of sp³-hybridized carbons (Fsp3) is 0.259. The SMILES string of the molecule is O=C(c1cn(Cc2ccncc2)c2cc(Cl)ccc12)N1CCC2(CC1)OCc1ccccc12. The standard InChI is InChI=1S/C27H24ClN3O2/c28-21-5-6-22-23(17-31(25(22)15-21)16-19-7-11-29-12-8-19)26(32)30-13-9-27(10-14-30)24-4-2-1-3-20(24)18-33-27/h1-8,11-12,15,17H,9-10,13-14,16,18H2. The Morgan fingerprint density at radius 2 is 1.85 bits per heavy atom. The molecular formula is C27H24ClN3O2. The molecule has 0 atom stereocenters. The number of ether oxygens (including phenoxy) is 1. The molecule has 0 radical (unpaired) electrons. The quantitative estimate of drug-likeness (QED) is 0.414. The Labute approximate surface area is 197 Å². The maximum absolute atomic E-state index is 13.6. The molecule has 6 rings (SSSR count). The zero-order valence-corrected chi connectivity index (χ0v) is 19.0. The van der Waals surface area contributed by atoms with E-state index in [0.29, 0.717) is 31.3 Å². The van der Waals surface area contributed by atoms with Crippen molar-refractivity contribution in [2.75, 3.05) is 13.1 Å². The molecule has 0 saturated carbocycles. The highest BCUT2D eigenvalue weighted by atomic mass is 35.5. The number of carbonyl (C=O) groups is 1. The van der Waals surface area contributed by atoms with Crippen LogP contribution in [0.25, 0.3) is 10.9 Å². The molecule has 5 nitrogen and oxygen atoms in total. The fourth-order valence-electron chi connectivity index (χ4n) is 5.29. The number of halogens is 1. The van der Waals surface area contributed by atoms with Crippen LogP contribution in [0, 0.1) is 0 Å². The van der Waals surface area contributed by atoms with E-state index in [-0.39, 0.29) is 11.5 Å². The number of nitrogens with zero attached hydrogens (tertiary/aromatic N) is 3. The largest absolute Gasteiger partial charge is 0.365 e. The molecule has 2 aromatic carbocycles. The van der Waals surface area contributed by atoms with E-state index in [1.807, 2.05) is 41.4 Å². The number of pyridine rings is 1. The van der Waals surface area contributed by atoms with Gasteiger partial charge >= 0.3 is 0 Å². The first-order valence-electron chi connectivity index (χ1n) is 11.3. The predicted octanol–water partition coefficient (Wildman–Crippen LogP) is 5.40. The second kappa shape index (κ2) is 8.01. The lowest BCUT2D eigenvalue weighted by Crippen LogP contribution is -2.45. The van der Waals surface area contributed by atoms with E-state index < -0.39 is 0 Å². The molecule has 2 aromatic heterocycles. The van der Waals surface area contributed by atoms with E-state index >= 15 is 0 Å². The molecule has 1 fully saturated rings. The molecule has 166 valence electrons. The van der Waals surface area contributed by atoms with Gasteiger partial charge in [-0.25, -0.2) is 0 Å². The molecule has 0 aliphatic carbocycles. The van der Waals surface area contributed by atoms with Gasteiger partial charge in [0.2, 0.25) is 0 Å². The zero-order chi connectivity index (χ0) is 22.4. The Morgan fingerprint density at radius 3 is 2.67 bits per heavy atom. The van der Waals surface area contributed by atoms with Crippen molar-refractivity contribution in [3.63, 3.8) is 0 Å². The first-order chi connectivity index (χ1) is 16.1. The second-order valence-corrected chi connectivity index (χ2v) is 9.36. The molecule has 33 heavy (non-hydrogen) atoms. The molecule has 2 aliphatic heterocycles. The van der Waals surface area contributed by atoms with Gasteiger partial charge in [0.25, 0.3) is 5.91 Å². The van der Waals surface area contributed by atoms with Crippen molar-refractivity contribution in [2.24, 2.45) is 0 Å². The van der Waals surface area contributed by atoms with Gasteiger partial charge in [0.1, 0.15) is 0 Å². The topological polar surface area (TPSA) is 47.4 Å². The highest BCUT2D eigenvalue weighted by molar-refractivity contribution is 6.31. The molecule has 0 unspecified atom stereocenters. The summed E-state index contributed by atoms with van der Waals surface area (Å²) in [6.45, 7) is 2.67. The van der Waals surface area contributed by atoms with Crippen molar-refractivity contribution in [3.8, 4) is 0 Å². The van der Waals surface area contributed by atoms with E-state index in [0.717, 1.165) is 34.9 Å². The van der Waals surface area contributed by atoms with E-state index in [1.54, 1.807) is 12.4 Å². The van der Waals surface area contributed by atoms with E-state index in [4.69, 9.17) is 16.3 Å². The highest BCUT2D eigenvalue weighted by Gasteiger charge is 2.43. The smallest absolute Gasteiger partial charge is 0.256 e. The van der Waals surface area contributed by atoms with Gasteiger partial charge in [-0.05, 0) is 53.8 Å². The van der Waals surface area contributed by atoms with Gasteiger partial charge in [0.05, 0.1) is 23.3 Å². The average Bonchev–Trinajstić information content (AvgIpc) is 3.38. The van der Waals surface area contributed by atoms with Gasteiger partial charge < -0.3 is 14.2 Å². The Balaban J connectivity index is 1.28. The van der Waals surface area contributed by atoms with Crippen molar-refractivity contribution in [3.05, 3.63) is 100 Å². The lowest BCUT2D eigenvalue weighted by Gasteiger charge is -2.39. The maximum atomic E-state index is 13.6. The minimum atomic E-state index is -0.254. The third kappa shape index (κ3) is 3.52. The Bertz CT molecular complexity index is 1340. The van der Waals surface area contributed by atoms with Gasteiger partial charge in [-0.2, -0.15) is 0 Å². The normalized spacial score (nSPS) is 16.9. The Hall–Kier alpha value is -3.15. The van der Waals surface area contributed by atoms with Crippen molar-refractivity contribution in [1.82, 2.24) is 14.5 Å². The average molecular weight is 458 g/mol. The molecule has 6 heteroatoms. The number of hydrogen-bond acceptors (Lipinski definition) is 3. The predicted molar refractivity (Wildman–Crippen MR) is 128 cm³/mol. The van der Waals surface area contributed by atoms with Crippen LogP contribution < -0.4 is 0 Å². The lowest BCUT2D eigenvalue weighted by atomic mass is 9.83. The van der Waals surface area contributed by atoms with Gasteiger partial charge in [0, 0.05) is 48.6 Å². The minimum absolute atomic E-state index is 0.0666. The summed E-state index contributed by atoms with van der Waals surface area (Å²) in [5, 5.41) is 1.59. The number of rotatable bonds is 3. The third-order valence-electron chi connectivity index (χ3n) is 7.05. The molecule has 0 N–H and O–H groups in total. The van der Waals surface area contributed by atoms with Crippen LogP contribution in [-0.2, 0) is 23.5 Å². The molecule has 1 spiro atoms. The fourth-order valence-corrected chi connectivity index (χ4v) is 5.46. The van der Waals surface area contributed by atoms with E-state index in [2.05, 4.69) is 33.8 Å². The van der Waals surface area contributed by atoms with Crippen LogP contribution in [0.2, 0.25) is 5.02 Å². The van der Waals surface area contributed by atoms with Crippen molar-refractivity contribution in [1.29, 1.82) is 0 Å². The second-order valence-electron chi connectivity index (χ2n) is 8.92. The minimum Gasteiger partial charge on any atom is -0.365 e. The molecule has 1 saturated heterocycles. The maximum Gasteiger partial charge on any atom is 0.256 e. The van der Waals surface area contributed by atoms with E-state index in [1.165, 1.54) is 11.1 Å². The summed E-state index contributed by atoms with van der Waals surface area (Å²) in [5.41, 5.74) is 5.12. The van der Waals surface area contributed by atoms with E-state index in [9.17, 15) is 4.79 Å². The third-order valence-corrected chi connectivity index (χ3v) is 7.28. The number of piperidine rings is 1. The van der Waals surface area contributed by atoms with Gasteiger partial charge in [-0.3, -0.25) is 9.78 Å². The van der Waals surface area contributed by atoms with Crippen LogP contribution >= 0.6 is 11.6 Å². The summed E-state index contributed by atoms with van der Waals surface area (Å²) in [6, 6.07) is 18.2. The summed E-state index contributed by atoms with van der Waals surface area (Å²) in [5.74, 6) is 0.0666. The first-order valence-corrected chi connectivity index (χ1v) is 11.7. The molecule has 4 heterocycles. The molecule has 2 aliphatic rings. The van der Waals surface area contributed by atoms with Crippen molar-refractivity contribution in [2.45, 2.75) is 31.6 Å². The molecule has 4 aromatic rings.